The van der Waals surface area contributed by atoms with Gasteiger partial charge in [0.2, 0.25) is 5.95 Å². The molecule has 0 saturated heterocycles. The molecule has 1 unspecified atom stereocenters. The van der Waals surface area contributed by atoms with E-state index in [1.54, 1.807) is 18.8 Å². The van der Waals surface area contributed by atoms with Crippen LogP contribution >= 0.6 is 11.8 Å². The first kappa shape index (κ1) is 12.3. The molecule has 1 heterocycles. The average Bonchev–Trinajstić information content (AvgIpc) is 2.21. The van der Waals surface area contributed by atoms with Gasteiger partial charge in [-0.25, -0.2) is 9.97 Å². The fraction of sp³-hybridized carbons (Fsp3) is 0.600. The standard InChI is InChI=1S/C10H17N3OS/c1-7-6-12-10(11-3)13-9(7)15-8(2)4-5-14/h6,8,14H,4-5H2,1-3H3,(H,11,12,13). The third-order valence-corrected chi connectivity index (χ3v) is 3.27. The molecule has 0 radical (unpaired) electrons. The van der Waals surface area contributed by atoms with Crippen LogP contribution in [0.3, 0.4) is 0 Å². The third-order valence-electron chi connectivity index (χ3n) is 2.00. The Morgan fingerprint density at radius 2 is 2.33 bits per heavy atom. The predicted molar refractivity (Wildman–Crippen MR) is 63.3 cm³/mol. The van der Waals surface area contributed by atoms with Crippen LogP contribution in [-0.2, 0) is 0 Å². The minimum absolute atomic E-state index is 0.219. The molecule has 0 amide bonds. The molecule has 0 saturated carbocycles. The van der Waals surface area contributed by atoms with Crippen LogP contribution in [0.4, 0.5) is 5.95 Å². The highest BCUT2D eigenvalue weighted by molar-refractivity contribution is 7.99. The van der Waals surface area contributed by atoms with E-state index in [0.717, 1.165) is 17.0 Å². The second-order valence-corrected chi connectivity index (χ2v) is 4.80. The topological polar surface area (TPSA) is 58.0 Å². The summed E-state index contributed by atoms with van der Waals surface area (Å²) >= 11 is 1.67. The molecule has 0 aromatic carbocycles. The summed E-state index contributed by atoms with van der Waals surface area (Å²) < 4.78 is 0. The van der Waals surface area contributed by atoms with E-state index in [4.69, 9.17) is 5.11 Å². The number of aryl methyl sites for hydroxylation is 1. The van der Waals surface area contributed by atoms with Crippen LogP contribution in [0.2, 0.25) is 0 Å². The van der Waals surface area contributed by atoms with Crippen LogP contribution in [-0.4, -0.2) is 34.0 Å². The quantitative estimate of drug-likeness (QED) is 0.592. The Morgan fingerprint density at radius 1 is 1.60 bits per heavy atom. The number of aliphatic hydroxyl groups is 1. The number of rotatable bonds is 5. The third kappa shape index (κ3) is 3.68. The van der Waals surface area contributed by atoms with Gasteiger partial charge in [0.1, 0.15) is 5.03 Å². The van der Waals surface area contributed by atoms with Crippen molar-refractivity contribution in [2.45, 2.75) is 30.5 Å². The minimum Gasteiger partial charge on any atom is -0.396 e. The number of aromatic nitrogens is 2. The van der Waals surface area contributed by atoms with Crippen molar-refractivity contribution in [3.63, 3.8) is 0 Å². The monoisotopic (exact) mass is 227 g/mol. The van der Waals surface area contributed by atoms with E-state index in [1.165, 1.54) is 0 Å². The van der Waals surface area contributed by atoms with E-state index >= 15 is 0 Å². The molecule has 0 aliphatic rings. The molecule has 15 heavy (non-hydrogen) atoms. The molecule has 84 valence electrons. The average molecular weight is 227 g/mol. The Hall–Kier alpha value is -0.810. The number of hydrogen-bond acceptors (Lipinski definition) is 5. The molecule has 1 aromatic heterocycles. The Kier molecular flexibility index (Phi) is 4.84. The van der Waals surface area contributed by atoms with Crippen molar-refractivity contribution in [2.75, 3.05) is 19.0 Å². The maximum Gasteiger partial charge on any atom is 0.223 e. The number of aliphatic hydroxyl groups excluding tert-OH is 1. The molecule has 1 atom stereocenters. The van der Waals surface area contributed by atoms with Gasteiger partial charge >= 0.3 is 0 Å². The lowest BCUT2D eigenvalue weighted by atomic mass is 10.3. The van der Waals surface area contributed by atoms with Crippen molar-refractivity contribution in [1.82, 2.24) is 9.97 Å². The minimum atomic E-state index is 0.219. The van der Waals surface area contributed by atoms with Gasteiger partial charge in [0.25, 0.3) is 0 Å². The van der Waals surface area contributed by atoms with E-state index in [1.807, 2.05) is 13.1 Å². The van der Waals surface area contributed by atoms with Crippen LogP contribution < -0.4 is 5.32 Å². The van der Waals surface area contributed by atoms with Gasteiger partial charge in [-0.1, -0.05) is 6.92 Å². The molecule has 5 heteroatoms. The highest BCUT2D eigenvalue weighted by atomic mass is 32.2. The first-order valence-corrected chi connectivity index (χ1v) is 5.84. The summed E-state index contributed by atoms with van der Waals surface area (Å²) in [7, 11) is 1.80. The van der Waals surface area contributed by atoms with E-state index in [-0.39, 0.29) is 6.61 Å². The zero-order valence-corrected chi connectivity index (χ0v) is 10.1. The first-order valence-electron chi connectivity index (χ1n) is 4.96. The van der Waals surface area contributed by atoms with E-state index < -0.39 is 0 Å². The normalized spacial score (nSPS) is 12.5. The number of thioether (sulfide) groups is 1. The summed E-state index contributed by atoms with van der Waals surface area (Å²) in [5.41, 5.74) is 1.07. The molecule has 1 aromatic rings. The van der Waals surface area contributed by atoms with Gasteiger partial charge in [-0.2, -0.15) is 0 Å². The van der Waals surface area contributed by atoms with Crippen molar-refractivity contribution in [2.24, 2.45) is 0 Å². The Labute approximate surface area is 94.5 Å². The number of hydrogen-bond donors (Lipinski definition) is 2. The van der Waals surface area contributed by atoms with E-state index in [9.17, 15) is 0 Å². The number of anilines is 1. The van der Waals surface area contributed by atoms with Crippen LogP contribution in [0.15, 0.2) is 11.2 Å². The fourth-order valence-electron chi connectivity index (χ4n) is 1.10. The van der Waals surface area contributed by atoms with Gasteiger partial charge in [0, 0.05) is 25.1 Å². The van der Waals surface area contributed by atoms with Gasteiger partial charge in [-0.15, -0.1) is 11.8 Å². The maximum atomic E-state index is 8.83. The number of nitrogens with zero attached hydrogens (tertiary/aromatic N) is 2. The summed E-state index contributed by atoms with van der Waals surface area (Å²) in [6, 6.07) is 0. The number of nitrogens with one attached hydrogen (secondary N) is 1. The summed E-state index contributed by atoms with van der Waals surface area (Å²) in [6.45, 7) is 4.30. The molecular weight excluding hydrogens is 210 g/mol. The lowest BCUT2D eigenvalue weighted by Crippen LogP contribution is -2.03. The molecule has 4 nitrogen and oxygen atoms in total. The SMILES string of the molecule is CNc1ncc(C)c(SC(C)CCO)n1. The highest BCUT2D eigenvalue weighted by Crippen LogP contribution is 2.26. The van der Waals surface area contributed by atoms with Gasteiger partial charge in [0.05, 0.1) is 0 Å². The molecule has 0 aliphatic heterocycles. The molecule has 0 aliphatic carbocycles. The van der Waals surface area contributed by atoms with Crippen molar-refractivity contribution >= 4 is 17.7 Å². The smallest absolute Gasteiger partial charge is 0.223 e. The summed E-state index contributed by atoms with van der Waals surface area (Å²) in [5, 5.41) is 13.1. The van der Waals surface area contributed by atoms with E-state index in [0.29, 0.717) is 11.2 Å². The van der Waals surface area contributed by atoms with E-state index in [2.05, 4.69) is 22.2 Å². The summed E-state index contributed by atoms with van der Waals surface area (Å²) in [5.74, 6) is 0.638. The Bertz CT molecular complexity index is 320. The lowest BCUT2D eigenvalue weighted by Gasteiger charge is -2.11. The van der Waals surface area contributed by atoms with Crippen LogP contribution in [0.25, 0.3) is 0 Å². The second-order valence-electron chi connectivity index (χ2n) is 3.37. The summed E-state index contributed by atoms with van der Waals surface area (Å²) in [4.78, 5) is 8.50. The van der Waals surface area contributed by atoms with Crippen LogP contribution in [0.1, 0.15) is 18.9 Å². The van der Waals surface area contributed by atoms with Crippen molar-refractivity contribution in [3.05, 3.63) is 11.8 Å². The van der Waals surface area contributed by atoms with Gasteiger partial charge in [-0.05, 0) is 18.9 Å². The fourth-order valence-corrected chi connectivity index (χ4v) is 2.08. The van der Waals surface area contributed by atoms with Gasteiger partial charge < -0.3 is 10.4 Å². The van der Waals surface area contributed by atoms with Crippen LogP contribution in [0, 0.1) is 6.92 Å². The van der Waals surface area contributed by atoms with Crippen LogP contribution in [0.5, 0.6) is 0 Å². The Morgan fingerprint density at radius 3 is 2.93 bits per heavy atom. The predicted octanol–water partition coefficient (Wildman–Crippen LogP) is 1.69. The van der Waals surface area contributed by atoms with Crippen molar-refractivity contribution in [1.29, 1.82) is 0 Å². The van der Waals surface area contributed by atoms with Gasteiger partial charge in [0.15, 0.2) is 0 Å². The lowest BCUT2D eigenvalue weighted by molar-refractivity contribution is 0.289. The largest absolute Gasteiger partial charge is 0.396 e. The van der Waals surface area contributed by atoms with Crippen molar-refractivity contribution in [3.8, 4) is 0 Å². The van der Waals surface area contributed by atoms with Gasteiger partial charge in [-0.3, -0.25) is 0 Å². The highest BCUT2D eigenvalue weighted by Gasteiger charge is 2.08. The first-order chi connectivity index (χ1) is 7.17. The molecular formula is C10H17N3OS. The second kappa shape index (κ2) is 5.92. The molecule has 0 bridgehead atoms. The maximum absolute atomic E-state index is 8.83. The zero-order chi connectivity index (χ0) is 11.3. The zero-order valence-electron chi connectivity index (χ0n) is 9.32. The molecule has 0 fully saturated rings. The summed E-state index contributed by atoms with van der Waals surface area (Å²) in [6.07, 6.45) is 2.59. The molecule has 2 N–H and O–H groups in total. The van der Waals surface area contributed by atoms with Crippen molar-refractivity contribution < 1.29 is 5.11 Å². The Balaban J connectivity index is 2.74. The molecule has 1 rings (SSSR count). The molecule has 0 spiro atoms.